The minimum atomic E-state index is 0.205. The van der Waals surface area contributed by atoms with Crippen LogP contribution in [0.4, 0.5) is 0 Å². The van der Waals surface area contributed by atoms with E-state index in [0.717, 1.165) is 5.75 Å². The van der Waals surface area contributed by atoms with E-state index in [-0.39, 0.29) is 6.04 Å². The summed E-state index contributed by atoms with van der Waals surface area (Å²) in [5.74, 6) is 0.952. The van der Waals surface area contributed by atoms with E-state index >= 15 is 0 Å². The maximum Gasteiger partial charge on any atom is 0.134 e. The Kier molecular flexibility index (Phi) is 3.59. The van der Waals surface area contributed by atoms with Crippen molar-refractivity contribution in [3.8, 4) is 5.75 Å². The van der Waals surface area contributed by atoms with Crippen LogP contribution in [-0.2, 0) is 0 Å². The molecule has 0 aliphatic rings. The molecule has 1 unspecified atom stereocenters. The van der Waals surface area contributed by atoms with Crippen LogP contribution < -0.4 is 10.1 Å². The van der Waals surface area contributed by atoms with Crippen LogP contribution in [0, 0.1) is 0 Å². The lowest BCUT2D eigenvalue weighted by atomic mass is 10.1. The molecule has 1 aromatic heterocycles. The highest BCUT2D eigenvalue weighted by atomic mass is 32.1. The average Bonchev–Trinajstić information content (AvgIpc) is 2.80. The standard InChI is InChI=1S/C13H15NOS/c1-14-12(10-6-4-3-5-7-10)13-11(15-2)8-9-16-13/h3-9,12,14H,1-2H3. The molecule has 0 aliphatic carbocycles. The zero-order valence-corrected chi connectivity index (χ0v) is 10.3. The first-order valence-electron chi connectivity index (χ1n) is 5.20. The summed E-state index contributed by atoms with van der Waals surface area (Å²) in [6.07, 6.45) is 0. The van der Waals surface area contributed by atoms with Gasteiger partial charge in [-0.25, -0.2) is 0 Å². The van der Waals surface area contributed by atoms with Gasteiger partial charge in [-0.1, -0.05) is 30.3 Å². The average molecular weight is 233 g/mol. The van der Waals surface area contributed by atoms with E-state index in [1.807, 2.05) is 19.2 Å². The van der Waals surface area contributed by atoms with Crippen LogP contribution in [-0.4, -0.2) is 14.2 Å². The van der Waals surface area contributed by atoms with Crippen molar-refractivity contribution in [1.82, 2.24) is 5.32 Å². The predicted molar refractivity (Wildman–Crippen MR) is 68.2 cm³/mol. The van der Waals surface area contributed by atoms with Crippen LogP contribution in [0.2, 0.25) is 0 Å². The summed E-state index contributed by atoms with van der Waals surface area (Å²) in [6, 6.07) is 12.6. The number of hydrogen-bond donors (Lipinski definition) is 1. The fraction of sp³-hybridized carbons (Fsp3) is 0.231. The van der Waals surface area contributed by atoms with Gasteiger partial charge in [0, 0.05) is 0 Å². The van der Waals surface area contributed by atoms with Crippen molar-refractivity contribution in [3.63, 3.8) is 0 Å². The Bertz CT molecular complexity index is 438. The van der Waals surface area contributed by atoms with Gasteiger partial charge < -0.3 is 10.1 Å². The summed E-state index contributed by atoms with van der Waals surface area (Å²) >= 11 is 1.71. The lowest BCUT2D eigenvalue weighted by Gasteiger charge is -2.16. The summed E-state index contributed by atoms with van der Waals surface area (Å²) in [7, 11) is 3.68. The van der Waals surface area contributed by atoms with Crippen molar-refractivity contribution in [1.29, 1.82) is 0 Å². The topological polar surface area (TPSA) is 21.3 Å². The Hall–Kier alpha value is -1.32. The van der Waals surface area contributed by atoms with Crippen molar-refractivity contribution >= 4 is 11.3 Å². The van der Waals surface area contributed by atoms with Gasteiger partial charge in [0.15, 0.2) is 0 Å². The van der Waals surface area contributed by atoms with Gasteiger partial charge in [-0.2, -0.15) is 0 Å². The molecule has 2 aromatic rings. The summed E-state index contributed by atoms with van der Waals surface area (Å²) in [4.78, 5) is 1.22. The molecule has 2 rings (SSSR count). The molecule has 0 saturated heterocycles. The van der Waals surface area contributed by atoms with Gasteiger partial charge in [-0.05, 0) is 24.1 Å². The molecular formula is C13H15NOS. The number of benzene rings is 1. The van der Waals surface area contributed by atoms with Crippen LogP contribution in [0.25, 0.3) is 0 Å². The van der Waals surface area contributed by atoms with Crippen LogP contribution in [0.1, 0.15) is 16.5 Å². The fourth-order valence-corrected chi connectivity index (χ4v) is 2.78. The Labute approximate surface area is 99.9 Å². The van der Waals surface area contributed by atoms with Crippen LogP contribution >= 0.6 is 11.3 Å². The SMILES string of the molecule is CNC(c1ccccc1)c1sccc1OC. The molecule has 0 aliphatic heterocycles. The van der Waals surface area contributed by atoms with E-state index in [1.54, 1.807) is 18.4 Å². The first kappa shape index (κ1) is 11.2. The largest absolute Gasteiger partial charge is 0.496 e. The Morgan fingerprint density at radius 1 is 1.19 bits per heavy atom. The molecule has 0 bridgehead atoms. The van der Waals surface area contributed by atoms with E-state index in [1.165, 1.54) is 10.4 Å². The van der Waals surface area contributed by atoms with E-state index < -0.39 is 0 Å². The molecule has 0 spiro atoms. The van der Waals surface area contributed by atoms with Crippen molar-refractivity contribution in [2.45, 2.75) is 6.04 Å². The van der Waals surface area contributed by atoms with Gasteiger partial charge in [0.2, 0.25) is 0 Å². The zero-order valence-electron chi connectivity index (χ0n) is 9.44. The van der Waals surface area contributed by atoms with E-state index in [2.05, 4.69) is 35.0 Å². The quantitative estimate of drug-likeness (QED) is 0.876. The van der Waals surface area contributed by atoms with Crippen LogP contribution in [0.3, 0.4) is 0 Å². The molecule has 3 heteroatoms. The van der Waals surface area contributed by atoms with Gasteiger partial charge >= 0.3 is 0 Å². The van der Waals surface area contributed by atoms with E-state index in [9.17, 15) is 0 Å². The number of hydrogen-bond acceptors (Lipinski definition) is 3. The van der Waals surface area contributed by atoms with Crippen molar-refractivity contribution in [3.05, 3.63) is 52.2 Å². The summed E-state index contributed by atoms with van der Waals surface area (Å²) < 4.78 is 5.36. The molecule has 1 atom stereocenters. The molecule has 1 aromatic carbocycles. The Balaban J connectivity index is 2.37. The highest BCUT2D eigenvalue weighted by molar-refractivity contribution is 7.10. The molecule has 84 valence electrons. The van der Waals surface area contributed by atoms with Gasteiger partial charge in [0.05, 0.1) is 18.0 Å². The number of nitrogens with one attached hydrogen (secondary N) is 1. The molecule has 0 radical (unpaired) electrons. The monoisotopic (exact) mass is 233 g/mol. The summed E-state index contributed by atoms with van der Waals surface area (Å²) in [6.45, 7) is 0. The highest BCUT2D eigenvalue weighted by Gasteiger charge is 2.17. The molecule has 16 heavy (non-hydrogen) atoms. The predicted octanol–water partition coefficient (Wildman–Crippen LogP) is 3.07. The number of thiophene rings is 1. The Morgan fingerprint density at radius 3 is 2.56 bits per heavy atom. The molecule has 0 amide bonds. The maximum absolute atomic E-state index is 5.36. The highest BCUT2D eigenvalue weighted by Crippen LogP contribution is 2.34. The lowest BCUT2D eigenvalue weighted by molar-refractivity contribution is 0.408. The number of ether oxygens (including phenoxy) is 1. The first-order valence-corrected chi connectivity index (χ1v) is 6.08. The van der Waals surface area contributed by atoms with Crippen molar-refractivity contribution in [2.24, 2.45) is 0 Å². The van der Waals surface area contributed by atoms with Crippen LogP contribution in [0.5, 0.6) is 5.75 Å². The first-order chi connectivity index (χ1) is 7.86. The maximum atomic E-state index is 5.36. The van der Waals surface area contributed by atoms with Gasteiger partial charge in [0.25, 0.3) is 0 Å². The second-order valence-corrected chi connectivity index (χ2v) is 4.43. The van der Waals surface area contributed by atoms with Gasteiger partial charge in [-0.3, -0.25) is 0 Å². The minimum Gasteiger partial charge on any atom is -0.496 e. The van der Waals surface area contributed by atoms with Crippen LogP contribution in [0.15, 0.2) is 41.8 Å². The lowest BCUT2D eigenvalue weighted by Crippen LogP contribution is -2.16. The molecule has 0 fully saturated rings. The smallest absolute Gasteiger partial charge is 0.134 e. The normalized spacial score (nSPS) is 12.4. The van der Waals surface area contributed by atoms with Gasteiger partial charge in [0.1, 0.15) is 5.75 Å². The van der Waals surface area contributed by atoms with Crippen molar-refractivity contribution < 1.29 is 4.74 Å². The summed E-state index contributed by atoms with van der Waals surface area (Å²) in [5, 5.41) is 5.38. The molecule has 2 nitrogen and oxygen atoms in total. The Morgan fingerprint density at radius 2 is 1.94 bits per heavy atom. The second-order valence-electron chi connectivity index (χ2n) is 3.49. The number of methoxy groups -OCH3 is 1. The molecular weight excluding hydrogens is 218 g/mol. The van der Waals surface area contributed by atoms with Crippen molar-refractivity contribution in [2.75, 3.05) is 14.2 Å². The minimum absolute atomic E-state index is 0.205. The third-order valence-electron chi connectivity index (χ3n) is 2.56. The van der Waals surface area contributed by atoms with E-state index in [4.69, 9.17) is 4.74 Å². The third kappa shape index (κ3) is 2.10. The third-order valence-corrected chi connectivity index (χ3v) is 3.52. The van der Waals surface area contributed by atoms with E-state index in [0.29, 0.717) is 0 Å². The molecule has 0 saturated carbocycles. The summed E-state index contributed by atoms with van der Waals surface area (Å²) in [5.41, 5.74) is 1.26. The number of rotatable bonds is 4. The van der Waals surface area contributed by atoms with Gasteiger partial charge in [-0.15, -0.1) is 11.3 Å². The molecule has 1 heterocycles. The zero-order chi connectivity index (χ0) is 11.4. The second kappa shape index (κ2) is 5.14. The fourth-order valence-electron chi connectivity index (χ4n) is 1.78. The molecule has 1 N–H and O–H groups in total.